The van der Waals surface area contributed by atoms with Crippen LogP contribution in [-0.4, -0.2) is 12.2 Å². The Bertz CT molecular complexity index is 267. The molecule has 0 radical (unpaired) electrons. The number of benzene rings is 1. The van der Waals surface area contributed by atoms with Crippen molar-refractivity contribution in [1.29, 1.82) is 0 Å². The molecule has 0 saturated carbocycles. The summed E-state index contributed by atoms with van der Waals surface area (Å²) in [7, 11) is 1.78. The molecule has 0 fully saturated rings. The average molecular weight is 234 g/mol. The van der Waals surface area contributed by atoms with E-state index in [9.17, 15) is 4.39 Å². The smallest absolute Gasteiger partial charge is 0.166 e. The second kappa shape index (κ2) is 3.87. The van der Waals surface area contributed by atoms with Crippen LogP contribution in [0.4, 0.5) is 4.39 Å². The van der Waals surface area contributed by atoms with Crippen LogP contribution in [0.15, 0.2) is 16.6 Å². The van der Waals surface area contributed by atoms with Gasteiger partial charge in [0.1, 0.15) is 0 Å². The van der Waals surface area contributed by atoms with Gasteiger partial charge >= 0.3 is 0 Å². The number of aromatic hydroxyl groups is 1. The molecule has 0 aliphatic carbocycles. The molecule has 0 heterocycles. The summed E-state index contributed by atoms with van der Waals surface area (Å²) < 4.78 is 13.2. The summed E-state index contributed by atoms with van der Waals surface area (Å²) in [5.41, 5.74) is 0.791. The molecule has 1 aromatic rings. The lowest BCUT2D eigenvalue weighted by Gasteiger charge is -2.03. The quantitative estimate of drug-likeness (QED) is 0.820. The molecule has 0 atom stereocenters. The SMILES string of the molecule is CNCc1cc(F)c(O)c(Br)c1. The van der Waals surface area contributed by atoms with E-state index >= 15 is 0 Å². The predicted molar refractivity (Wildman–Crippen MR) is 48.5 cm³/mol. The Morgan fingerprint density at radius 3 is 2.75 bits per heavy atom. The minimum atomic E-state index is -0.602. The summed E-state index contributed by atoms with van der Waals surface area (Å²) in [6.07, 6.45) is 0. The minimum absolute atomic E-state index is 0.338. The summed E-state index contributed by atoms with van der Waals surface area (Å²) >= 11 is 3.05. The van der Waals surface area contributed by atoms with E-state index in [1.165, 1.54) is 6.07 Å². The highest BCUT2D eigenvalue weighted by Crippen LogP contribution is 2.27. The summed E-state index contributed by atoms with van der Waals surface area (Å²) in [6, 6.07) is 2.98. The van der Waals surface area contributed by atoms with E-state index < -0.39 is 5.82 Å². The van der Waals surface area contributed by atoms with Crippen LogP contribution in [0.25, 0.3) is 0 Å². The standard InChI is InChI=1S/C8H9BrFNO/c1-11-4-5-2-6(9)8(12)7(10)3-5/h2-3,11-12H,4H2,1H3. The van der Waals surface area contributed by atoms with Crippen LogP contribution >= 0.6 is 15.9 Å². The zero-order valence-electron chi connectivity index (χ0n) is 6.56. The van der Waals surface area contributed by atoms with E-state index in [1.807, 2.05) is 0 Å². The monoisotopic (exact) mass is 233 g/mol. The highest BCUT2D eigenvalue weighted by atomic mass is 79.9. The number of phenolic OH excluding ortho intramolecular Hbond substituents is 1. The van der Waals surface area contributed by atoms with Crippen molar-refractivity contribution in [3.63, 3.8) is 0 Å². The Morgan fingerprint density at radius 2 is 2.25 bits per heavy atom. The second-order valence-electron chi connectivity index (χ2n) is 2.44. The van der Waals surface area contributed by atoms with Crippen LogP contribution in [0.1, 0.15) is 5.56 Å². The Labute approximate surface area is 78.5 Å². The van der Waals surface area contributed by atoms with Gasteiger partial charge in [0, 0.05) is 6.54 Å². The molecule has 0 bridgehead atoms. The molecule has 4 heteroatoms. The van der Waals surface area contributed by atoms with Crippen molar-refractivity contribution in [2.24, 2.45) is 0 Å². The molecule has 0 amide bonds. The summed E-state index contributed by atoms with van der Waals surface area (Å²) in [6.45, 7) is 0.579. The topological polar surface area (TPSA) is 32.3 Å². The van der Waals surface area contributed by atoms with E-state index in [0.29, 0.717) is 11.0 Å². The first-order chi connectivity index (χ1) is 5.65. The molecule has 2 N–H and O–H groups in total. The van der Waals surface area contributed by atoms with E-state index in [4.69, 9.17) is 5.11 Å². The maximum atomic E-state index is 12.9. The third kappa shape index (κ3) is 1.95. The number of rotatable bonds is 2. The normalized spacial score (nSPS) is 10.2. The van der Waals surface area contributed by atoms with Gasteiger partial charge in [-0.3, -0.25) is 0 Å². The second-order valence-corrected chi connectivity index (χ2v) is 3.29. The van der Waals surface area contributed by atoms with E-state index in [2.05, 4.69) is 21.2 Å². The summed E-state index contributed by atoms with van der Waals surface area (Å²) in [5.74, 6) is -0.940. The van der Waals surface area contributed by atoms with Gasteiger partial charge in [-0.1, -0.05) is 0 Å². The molecule has 1 rings (SSSR count). The molecule has 2 nitrogen and oxygen atoms in total. The largest absolute Gasteiger partial charge is 0.504 e. The first kappa shape index (κ1) is 9.48. The van der Waals surface area contributed by atoms with Gasteiger partial charge < -0.3 is 10.4 Å². The molecular weight excluding hydrogens is 225 g/mol. The van der Waals surface area contributed by atoms with Crippen LogP contribution in [0.3, 0.4) is 0 Å². The molecule has 66 valence electrons. The number of halogens is 2. The van der Waals surface area contributed by atoms with Crippen LogP contribution < -0.4 is 5.32 Å². The predicted octanol–water partition coefficient (Wildman–Crippen LogP) is 2.01. The van der Waals surface area contributed by atoms with Gasteiger partial charge in [-0.15, -0.1) is 0 Å². The van der Waals surface area contributed by atoms with Gasteiger partial charge in [0.2, 0.25) is 0 Å². The van der Waals surface area contributed by atoms with Crippen molar-refractivity contribution in [3.05, 3.63) is 28.0 Å². The number of phenols is 1. The van der Waals surface area contributed by atoms with Crippen LogP contribution in [0.5, 0.6) is 5.75 Å². The van der Waals surface area contributed by atoms with Crippen molar-refractivity contribution in [2.75, 3.05) is 7.05 Å². The zero-order chi connectivity index (χ0) is 9.14. The maximum absolute atomic E-state index is 12.9. The van der Waals surface area contributed by atoms with Gasteiger partial charge in [0.25, 0.3) is 0 Å². The van der Waals surface area contributed by atoms with E-state index in [-0.39, 0.29) is 5.75 Å². The minimum Gasteiger partial charge on any atom is -0.504 e. The van der Waals surface area contributed by atoms with Crippen LogP contribution in [0.2, 0.25) is 0 Å². The maximum Gasteiger partial charge on any atom is 0.166 e. The zero-order valence-corrected chi connectivity index (χ0v) is 8.15. The Morgan fingerprint density at radius 1 is 1.58 bits per heavy atom. The average Bonchev–Trinajstić information content (AvgIpc) is 2.01. The highest BCUT2D eigenvalue weighted by molar-refractivity contribution is 9.10. The van der Waals surface area contributed by atoms with Gasteiger partial charge in [0.05, 0.1) is 4.47 Å². The first-order valence-corrected chi connectivity index (χ1v) is 4.26. The lowest BCUT2D eigenvalue weighted by Crippen LogP contribution is -2.05. The van der Waals surface area contributed by atoms with Gasteiger partial charge in [-0.2, -0.15) is 0 Å². The lowest BCUT2D eigenvalue weighted by atomic mass is 10.2. The third-order valence-corrected chi connectivity index (χ3v) is 2.06. The van der Waals surface area contributed by atoms with Gasteiger partial charge in [-0.05, 0) is 40.7 Å². The molecule has 0 spiro atoms. The Balaban J connectivity index is 3.04. The molecule has 1 aromatic carbocycles. The molecular formula is C8H9BrFNO. The molecule has 0 aliphatic rings. The van der Waals surface area contributed by atoms with Crippen molar-refractivity contribution in [1.82, 2.24) is 5.32 Å². The van der Waals surface area contributed by atoms with E-state index in [1.54, 1.807) is 13.1 Å². The van der Waals surface area contributed by atoms with Crippen LogP contribution in [-0.2, 0) is 6.54 Å². The van der Waals surface area contributed by atoms with Crippen molar-refractivity contribution < 1.29 is 9.50 Å². The Kier molecular flexibility index (Phi) is 3.05. The van der Waals surface area contributed by atoms with E-state index in [0.717, 1.165) is 5.56 Å². The molecule has 0 aromatic heterocycles. The number of hydrogen-bond acceptors (Lipinski definition) is 2. The fourth-order valence-corrected chi connectivity index (χ4v) is 1.41. The van der Waals surface area contributed by atoms with Crippen molar-refractivity contribution in [2.45, 2.75) is 6.54 Å². The fraction of sp³-hybridized carbons (Fsp3) is 0.250. The molecule has 0 aliphatic heterocycles. The van der Waals surface area contributed by atoms with Crippen LogP contribution in [0, 0.1) is 5.82 Å². The number of nitrogens with one attached hydrogen (secondary N) is 1. The molecule has 0 unspecified atom stereocenters. The molecule has 12 heavy (non-hydrogen) atoms. The van der Waals surface area contributed by atoms with Gasteiger partial charge in [0.15, 0.2) is 11.6 Å². The van der Waals surface area contributed by atoms with Gasteiger partial charge in [-0.25, -0.2) is 4.39 Å². The fourth-order valence-electron chi connectivity index (χ4n) is 0.924. The van der Waals surface area contributed by atoms with Crippen molar-refractivity contribution >= 4 is 15.9 Å². The summed E-state index contributed by atoms with van der Waals surface area (Å²) in [5, 5.41) is 11.9. The number of hydrogen-bond donors (Lipinski definition) is 2. The van der Waals surface area contributed by atoms with Crippen molar-refractivity contribution in [3.8, 4) is 5.75 Å². The summed E-state index contributed by atoms with van der Waals surface area (Å²) in [4.78, 5) is 0. The first-order valence-electron chi connectivity index (χ1n) is 3.46. The lowest BCUT2D eigenvalue weighted by molar-refractivity contribution is 0.428. The third-order valence-electron chi connectivity index (χ3n) is 1.46. The Hall–Kier alpha value is -0.610. The molecule has 0 saturated heterocycles. The highest BCUT2D eigenvalue weighted by Gasteiger charge is 2.06.